The maximum atomic E-state index is 13.5. The van der Waals surface area contributed by atoms with Crippen LogP contribution >= 0.6 is 11.8 Å². The van der Waals surface area contributed by atoms with Crippen molar-refractivity contribution in [2.24, 2.45) is 0 Å². The molecule has 0 aliphatic rings. The van der Waals surface area contributed by atoms with Crippen LogP contribution in [0, 0.1) is 11.6 Å². The predicted octanol–water partition coefficient (Wildman–Crippen LogP) is 3.84. The predicted molar refractivity (Wildman–Crippen MR) is 68.9 cm³/mol. The van der Waals surface area contributed by atoms with Crippen molar-refractivity contribution in [2.45, 2.75) is 10.1 Å². The molecule has 3 nitrogen and oxygen atoms in total. The zero-order valence-electron chi connectivity index (χ0n) is 9.56. The van der Waals surface area contributed by atoms with Gasteiger partial charge < -0.3 is 10.2 Å². The molecule has 0 aliphatic heterocycles. The van der Waals surface area contributed by atoms with E-state index < -0.39 is 11.6 Å². The lowest BCUT2D eigenvalue weighted by Gasteiger charge is -1.98. The van der Waals surface area contributed by atoms with Crippen LogP contribution in [0.2, 0.25) is 0 Å². The van der Waals surface area contributed by atoms with Crippen LogP contribution in [0.1, 0.15) is 0 Å². The van der Waals surface area contributed by atoms with Crippen LogP contribution in [0.4, 0.5) is 14.5 Å². The van der Waals surface area contributed by atoms with Gasteiger partial charge in [-0.1, -0.05) is 0 Å². The summed E-state index contributed by atoms with van der Waals surface area (Å²) in [6.45, 7) is 0. The number of fused-ring (bicyclic) bond motifs is 1. The van der Waals surface area contributed by atoms with Crippen LogP contribution in [0.5, 0.6) is 0 Å². The number of nitrogens with zero attached hydrogens (tertiary/aromatic N) is 1. The van der Waals surface area contributed by atoms with Crippen molar-refractivity contribution in [3.63, 3.8) is 0 Å². The van der Waals surface area contributed by atoms with Gasteiger partial charge >= 0.3 is 0 Å². The number of anilines is 1. The van der Waals surface area contributed by atoms with Gasteiger partial charge in [0.05, 0.1) is 4.90 Å². The standard InChI is InChI=1S/C13H8F2N2OS/c14-7-1-4-12(9(15)5-7)19-13-17-10-6-8(16)2-3-11(10)18-13/h1-6H,16H2. The van der Waals surface area contributed by atoms with Gasteiger partial charge in [-0.25, -0.2) is 13.8 Å². The maximum Gasteiger partial charge on any atom is 0.261 e. The number of hydrogen-bond acceptors (Lipinski definition) is 4. The molecule has 19 heavy (non-hydrogen) atoms. The third-order valence-corrected chi connectivity index (χ3v) is 3.38. The quantitative estimate of drug-likeness (QED) is 0.724. The topological polar surface area (TPSA) is 52.0 Å². The summed E-state index contributed by atoms with van der Waals surface area (Å²) < 4.78 is 31.7. The first-order valence-electron chi connectivity index (χ1n) is 5.41. The van der Waals surface area contributed by atoms with Crippen LogP contribution in [0.15, 0.2) is 50.9 Å². The zero-order chi connectivity index (χ0) is 13.4. The fourth-order valence-corrected chi connectivity index (χ4v) is 2.38. The molecule has 0 aliphatic carbocycles. The Hall–Kier alpha value is -2.08. The Kier molecular flexibility index (Phi) is 2.87. The molecule has 0 radical (unpaired) electrons. The molecule has 0 bridgehead atoms. The van der Waals surface area contributed by atoms with Gasteiger partial charge in [-0.2, -0.15) is 0 Å². The highest BCUT2D eigenvalue weighted by Crippen LogP contribution is 2.32. The Balaban J connectivity index is 1.96. The number of benzene rings is 2. The molecule has 0 atom stereocenters. The van der Waals surface area contributed by atoms with Crippen LogP contribution in [0.3, 0.4) is 0 Å². The van der Waals surface area contributed by atoms with Crippen molar-refractivity contribution in [3.8, 4) is 0 Å². The van der Waals surface area contributed by atoms with Gasteiger partial charge in [0.25, 0.3) is 5.22 Å². The second kappa shape index (κ2) is 4.55. The fourth-order valence-electron chi connectivity index (χ4n) is 1.62. The normalized spacial score (nSPS) is 11.1. The fraction of sp³-hybridized carbons (Fsp3) is 0. The van der Waals surface area contributed by atoms with Crippen molar-refractivity contribution in [2.75, 3.05) is 5.73 Å². The van der Waals surface area contributed by atoms with Crippen LogP contribution < -0.4 is 5.73 Å². The van der Waals surface area contributed by atoms with E-state index in [2.05, 4.69) is 4.98 Å². The molecule has 3 rings (SSSR count). The Morgan fingerprint density at radius 1 is 1.11 bits per heavy atom. The molecule has 96 valence electrons. The van der Waals surface area contributed by atoms with Crippen LogP contribution in [-0.4, -0.2) is 4.98 Å². The summed E-state index contributed by atoms with van der Waals surface area (Å²) >= 11 is 0.994. The summed E-state index contributed by atoms with van der Waals surface area (Å²) in [5.41, 5.74) is 7.38. The molecular formula is C13H8F2N2OS. The average molecular weight is 278 g/mol. The van der Waals surface area contributed by atoms with Gasteiger partial charge in [0.2, 0.25) is 0 Å². The van der Waals surface area contributed by atoms with Gasteiger partial charge in [0.15, 0.2) is 5.58 Å². The molecule has 2 N–H and O–H groups in total. The summed E-state index contributed by atoms with van der Waals surface area (Å²) in [7, 11) is 0. The van der Waals surface area contributed by atoms with Gasteiger partial charge in [-0.3, -0.25) is 0 Å². The first kappa shape index (κ1) is 12.0. The summed E-state index contributed by atoms with van der Waals surface area (Å²) in [5, 5.41) is 0.283. The van der Waals surface area contributed by atoms with E-state index in [1.165, 1.54) is 12.1 Å². The van der Waals surface area contributed by atoms with Crippen LogP contribution in [-0.2, 0) is 0 Å². The summed E-state index contributed by atoms with van der Waals surface area (Å²) in [6.07, 6.45) is 0. The smallest absolute Gasteiger partial charge is 0.261 e. The number of nitrogen functional groups attached to an aromatic ring is 1. The molecule has 0 saturated carbocycles. The van der Waals surface area contributed by atoms with Gasteiger partial charge in [-0.15, -0.1) is 0 Å². The van der Waals surface area contributed by atoms with Gasteiger partial charge in [0.1, 0.15) is 17.2 Å². The summed E-state index contributed by atoms with van der Waals surface area (Å²) in [5.74, 6) is -1.26. The van der Waals surface area contributed by atoms with Crippen LogP contribution in [0.25, 0.3) is 11.1 Å². The van der Waals surface area contributed by atoms with Gasteiger partial charge in [0, 0.05) is 11.8 Å². The molecule has 0 spiro atoms. The average Bonchev–Trinajstić information content (AvgIpc) is 2.74. The lowest BCUT2D eigenvalue weighted by atomic mass is 10.3. The number of hydrogen-bond donors (Lipinski definition) is 1. The lowest BCUT2D eigenvalue weighted by Crippen LogP contribution is -1.83. The first-order chi connectivity index (χ1) is 9.11. The Bertz CT molecular complexity index is 757. The van der Waals surface area contributed by atoms with E-state index in [4.69, 9.17) is 10.2 Å². The molecule has 0 saturated heterocycles. The monoisotopic (exact) mass is 278 g/mol. The van der Waals surface area contributed by atoms with E-state index >= 15 is 0 Å². The lowest BCUT2D eigenvalue weighted by molar-refractivity contribution is 0.488. The molecule has 1 aromatic heterocycles. The highest BCUT2D eigenvalue weighted by molar-refractivity contribution is 7.99. The Morgan fingerprint density at radius 2 is 1.95 bits per heavy atom. The largest absolute Gasteiger partial charge is 0.431 e. The van der Waals surface area contributed by atoms with Gasteiger partial charge in [-0.05, 0) is 42.1 Å². The van der Waals surface area contributed by atoms with Crippen molar-refractivity contribution in [1.82, 2.24) is 4.98 Å². The van der Waals surface area contributed by atoms with E-state index in [0.717, 1.165) is 17.8 Å². The molecule has 0 unspecified atom stereocenters. The zero-order valence-corrected chi connectivity index (χ0v) is 10.4. The first-order valence-corrected chi connectivity index (χ1v) is 6.22. The van der Waals surface area contributed by atoms with E-state index in [1.54, 1.807) is 18.2 Å². The van der Waals surface area contributed by atoms with E-state index in [1.807, 2.05) is 0 Å². The molecular weight excluding hydrogens is 270 g/mol. The summed E-state index contributed by atoms with van der Waals surface area (Å²) in [6, 6.07) is 8.42. The molecule has 3 aromatic rings. The number of rotatable bonds is 2. The van der Waals surface area contributed by atoms with Crippen molar-refractivity contribution >= 4 is 28.5 Å². The second-order valence-electron chi connectivity index (χ2n) is 3.88. The Morgan fingerprint density at radius 3 is 2.74 bits per heavy atom. The van der Waals surface area contributed by atoms with E-state index in [9.17, 15) is 8.78 Å². The third kappa shape index (κ3) is 2.39. The molecule has 6 heteroatoms. The minimum absolute atomic E-state index is 0.251. The number of oxazole rings is 1. The Labute approximate surface area is 111 Å². The SMILES string of the molecule is Nc1ccc2oc(Sc3ccc(F)cc3F)nc2c1. The number of aromatic nitrogens is 1. The second-order valence-corrected chi connectivity index (χ2v) is 4.88. The number of nitrogens with two attached hydrogens (primary N) is 1. The summed E-state index contributed by atoms with van der Waals surface area (Å²) in [4.78, 5) is 4.44. The molecule has 0 amide bonds. The van der Waals surface area contributed by atoms with Crippen molar-refractivity contribution in [1.29, 1.82) is 0 Å². The van der Waals surface area contributed by atoms with Crippen molar-refractivity contribution in [3.05, 3.63) is 48.0 Å². The van der Waals surface area contributed by atoms with E-state index in [0.29, 0.717) is 16.8 Å². The molecule has 2 aromatic carbocycles. The minimum atomic E-state index is -0.647. The maximum absolute atomic E-state index is 13.5. The minimum Gasteiger partial charge on any atom is -0.431 e. The highest BCUT2D eigenvalue weighted by Gasteiger charge is 2.11. The van der Waals surface area contributed by atoms with E-state index in [-0.39, 0.29) is 10.1 Å². The molecule has 0 fully saturated rings. The van der Waals surface area contributed by atoms with Crippen molar-refractivity contribution < 1.29 is 13.2 Å². The number of halogens is 2. The third-order valence-electron chi connectivity index (χ3n) is 2.48. The molecule has 1 heterocycles. The highest BCUT2D eigenvalue weighted by atomic mass is 32.2.